The third-order valence-electron chi connectivity index (χ3n) is 2.73. The Kier molecular flexibility index (Phi) is 11.8. The van der Waals surface area contributed by atoms with Crippen LogP contribution in [0, 0.1) is 0 Å². The predicted octanol–water partition coefficient (Wildman–Crippen LogP) is 2.74. The fourth-order valence-electron chi connectivity index (χ4n) is 1.61. The molecule has 0 saturated carbocycles. The van der Waals surface area contributed by atoms with E-state index in [9.17, 15) is 0 Å². The van der Waals surface area contributed by atoms with Gasteiger partial charge in [0.05, 0.1) is 6.54 Å². The Morgan fingerprint density at radius 2 is 1.88 bits per heavy atom. The first kappa shape index (κ1) is 16.6. The highest BCUT2D eigenvalue weighted by Gasteiger charge is 2.00. The monoisotopic (exact) mass is 241 g/mol. The van der Waals surface area contributed by atoms with E-state index in [0.717, 1.165) is 19.5 Å². The van der Waals surface area contributed by atoms with Crippen molar-refractivity contribution in [2.75, 3.05) is 13.1 Å². The van der Waals surface area contributed by atoms with Gasteiger partial charge in [-0.15, -0.1) is 0 Å². The SMILES string of the molecule is CCCCCCCC=NCC(C)NCC(C)N. The van der Waals surface area contributed by atoms with E-state index in [0.29, 0.717) is 6.04 Å². The van der Waals surface area contributed by atoms with E-state index in [1.807, 2.05) is 6.92 Å². The van der Waals surface area contributed by atoms with Crippen molar-refractivity contribution in [1.29, 1.82) is 0 Å². The molecule has 0 saturated heterocycles. The lowest BCUT2D eigenvalue weighted by Crippen LogP contribution is -2.37. The van der Waals surface area contributed by atoms with E-state index < -0.39 is 0 Å². The minimum atomic E-state index is 0.222. The zero-order valence-corrected chi connectivity index (χ0v) is 11.9. The molecule has 3 heteroatoms. The zero-order valence-electron chi connectivity index (χ0n) is 11.9. The van der Waals surface area contributed by atoms with Gasteiger partial charge in [0, 0.05) is 18.6 Å². The molecule has 102 valence electrons. The molecule has 0 aliphatic carbocycles. The van der Waals surface area contributed by atoms with E-state index >= 15 is 0 Å². The molecular formula is C14H31N3. The van der Waals surface area contributed by atoms with Crippen molar-refractivity contribution < 1.29 is 0 Å². The number of rotatable bonds is 11. The van der Waals surface area contributed by atoms with Crippen LogP contribution in [0.5, 0.6) is 0 Å². The smallest absolute Gasteiger partial charge is 0.0536 e. The molecule has 0 spiro atoms. The van der Waals surface area contributed by atoms with Crippen LogP contribution in [0.1, 0.15) is 59.3 Å². The summed E-state index contributed by atoms with van der Waals surface area (Å²) in [6.45, 7) is 8.15. The molecule has 0 rings (SSSR count). The van der Waals surface area contributed by atoms with Gasteiger partial charge in [-0.05, 0) is 32.9 Å². The fourth-order valence-corrected chi connectivity index (χ4v) is 1.61. The van der Waals surface area contributed by atoms with E-state index in [1.54, 1.807) is 0 Å². The summed E-state index contributed by atoms with van der Waals surface area (Å²) >= 11 is 0. The second-order valence-corrected chi connectivity index (χ2v) is 5.04. The maximum Gasteiger partial charge on any atom is 0.0536 e. The van der Waals surface area contributed by atoms with Crippen molar-refractivity contribution in [3.05, 3.63) is 0 Å². The van der Waals surface area contributed by atoms with Gasteiger partial charge in [0.1, 0.15) is 0 Å². The Hall–Kier alpha value is -0.410. The Morgan fingerprint density at radius 1 is 1.18 bits per heavy atom. The first-order valence-electron chi connectivity index (χ1n) is 7.14. The number of nitrogens with two attached hydrogens (primary N) is 1. The summed E-state index contributed by atoms with van der Waals surface area (Å²) in [7, 11) is 0. The minimum absolute atomic E-state index is 0.222. The van der Waals surface area contributed by atoms with Crippen LogP contribution in [0.4, 0.5) is 0 Å². The summed E-state index contributed by atoms with van der Waals surface area (Å²) in [6, 6.07) is 0.650. The topological polar surface area (TPSA) is 50.4 Å². The third kappa shape index (κ3) is 13.5. The van der Waals surface area contributed by atoms with Crippen LogP contribution in [0.25, 0.3) is 0 Å². The van der Waals surface area contributed by atoms with Gasteiger partial charge in [0.25, 0.3) is 0 Å². The van der Waals surface area contributed by atoms with Crippen molar-refractivity contribution in [3.8, 4) is 0 Å². The van der Waals surface area contributed by atoms with Crippen LogP contribution in [0.3, 0.4) is 0 Å². The molecule has 2 unspecified atom stereocenters. The lowest BCUT2D eigenvalue weighted by Gasteiger charge is -2.12. The van der Waals surface area contributed by atoms with Gasteiger partial charge >= 0.3 is 0 Å². The van der Waals surface area contributed by atoms with Gasteiger partial charge in [-0.1, -0.05) is 32.6 Å². The number of nitrogens with zero attached hydrogens (tertiary/aromatic N) is 1. The molecule has 0 amide bonds. The highest BCUT2D eigenvalue weighted by atomic mass is 15.0. The lowest BCUT2D eigenvalue weighted by molar-refractivity contribution is 0.523. The number of unbranched alkanes of at least 4 members (excludes halogenated alkanes) is 5. The van der Waals surface area contributed by atoms with Gasteiger partial charge in [-0.2, -0.15) is 0 Å². The second kappa shape index (κ2) is 12.1. The van der Waals surface area contributed by atoms with Crippen LogP contribution in [0.15, 0.2) is 4.99 Å². The molecule has 0 aromatic heterocycles. The van der Waals surface area contributed by atoms with Crippen LogP contribution >= 0.6 is 0 Å². The van der Waals surface area contributed by atoms with E-state index in [-0.39, 0.29) is 6.04 Å². The second-order valence-electron chi connectivity index (χ2n) is 5.04. The fraction of sp³-hybridized carbons (Fsp3) is 0.929. The van der Waals surface area contributed by atoms with Gasteiger partial charge < -0.3 is 11.1 Å². The summed E-state index contributed by atoms with van der Waals surface area (Å²) < 4.78 is 0. The lowest BCUT2D eigenvalue weighted by atomic mass is 10.1. The maximum absolute atomic E-state index is 5.67. The first-order chi connectivity index (χ1) is 8.16. The van der Waals surface area contributed by atoms with Gasteiger partial charge in [-0.25, -0.2) is 0 Å². The van der Waals surface area contributed by atoms with Crippen molar-refractivity contribution in [1.82, 2.24) is 5.32 Å². The van der Waals surface area contributed by atoms with Crippen LogP contribution in [-0.2, 0) is 0 Å². The Labute approximate surface area is 107 Å². The number of nitrogens with one attached hydrogen (secondary N) is 1. The van der Waals surface area contributed by atoms with E-state index in [1.165, 1.54) is 32.1 Å². The summed E-state index contributed by atoms with van der Waals surface area (Å²) in [5.74, 6) is 0. The molecule has 0 radical (unpaired) electrons. The average Bonchev–Trinajstić information content (AvgIpc) is 2.30. The molecule has 0 aliphatic rings. The van der Waals surface area contributed by atoms with Gasteiger partial charge in [-0.3, -0.25) is 4.99 Å². The summed E-state index contributed by atoms with van der Waals surface area (Å²) in [5, 5.41) is 3.36. The normalized spacial score (nSPS) is 15.3. The average molecular weight is 241 g/mol. The molecule has 0 heterocycles. The molecule has 0 aromatic carbocycles. The highest BCUT2D eigenvalue weighted by Crippen LogP contribution is 2.03. The number of hydrogen-bond acceptors (Lipinski definition) is 3. The summed E-state index contributed by atoms with van der Waals surface area (Å²) in [6.07, 6.45) is 9.89. The Morgan fingerprint density at radius 3 is 2.53 bits per heavy atom. The van der Waals surface area contributed by atoms with E-state index in [2.05, 4.69) is 30.4 Å². The Balaban J connectivity index is 3.28. The summed E-state index contributed by atoms with van der Waals surface area (Å²) in [5.41, 5.74) is 5.67. The van der Waals surface area contributed by atoms with Crippen molar-refractivity contribution >= 4 is 6.21 Å². The van der Waals surface area contributed by atoms with Crippen molar-refractivity contribution in [2.24, 2.45) is 10.7 Å². The quantitative estimate of drug-likeness (QED) is 0.432. The van der Waals surface area contributed by atoms with E-state index in [4.69, 9.17) is 5.73 Å². The molecule has 0 aliphatic heterocycles. The highest BCUT2D eigenvalue weighted by molar-refractivity contribution is 5.56. The van der Waals surface area contributed by atoms with Crippen LogP contribution in [0.2, 0.25) is 0 Å². The van der Waals surface area contributed by atoms with Crippen molar-refractivity contribution in [2.45, 2.75) is 71.4 Å². The molecule has 0 bridgehead atoms. The third-order valence-corrected chi connectivity index (χ3v) is 2.73. The van der Waals surface area contributed by atoms with Gasteiger partial charge in [0.2, 0.25) is 0 Å². The van der Waals surface area contributed by atoms with Crippen molar-refractivity contribution in [3.63, 3.8) is 0 Å². The largest absolute Gasteiger partial charge is 0.327 e. The minimum Gasteiger partial charge on any atom is -0.327 e. The van der Waals surface area contributed by atoms with Crippen LogP contribution < -0.4 is 11.1 Å². The van der Waals surface area contributed by atoms with Gasteiger partial charge in [0.15, 0.2) is 0 Å². The molecule has 3 nitrogen and oxygen atoms in total. The number of hydrogen-bond donors (Lipinski definition) is 2. The molecule has 3 N–H and O–H groups in total. The first-order valence-corrected chi connectivity index (χ1v) is 7.14. The molecule has 17 heavy (non-hydrogen) atoms. The number of aliphatic imine (C=N–C) groups is 1. The molecule has 2 atom stereocenters. The molecule has 0 fully saturated rings. The maximum atomic E-state index is 5.67. The molecular weight excluding hydrogens is 210 g/mol. The predicted molar refractivity (Wildman–Crippen MR) is 77.8 cm³/mol. The van der Waals surface area contributed by atoms with Crippen LogP contribution in [-0.4, -0.2) is 31.4 Å². The summed E-state index contributed by atoms with van der Waals surface area (Å²) in [4.78, 5) is 4.44. The zero-order chi connectivity index (χ0) is 12.9. The molecule has 0 aromatic rings. The standard InChI is InChI=1S/C14H31N3/c1-4-5-6-7-8-9-10-16-12-14(3)17-11-13(2)15/h10,13-14,17H,4-9,11-12,15H2,1-3H3. The Bertz CT molecular complexity index is 178.